The minimum absolute atomic E-state index is 0.0815. The van der Waals surface area contributed by atoms with Gasteiger partial charge in [-0.25, -0.2) is 17.9 Å². The Bertz CT molecular complexity index is 859. The van der Waals surface area contributed by atoms with Gasteiger partial charge >= 0.3 is 6.09 Å². The number of sulfonamides is 1. The normalized spacial score (nSPS) is 12.6. The van der Waals surface area contributed by atoms with E-state index >= 15 is 0 Å². The summed E-state index contributed by atoms with van der Waals surface area (Å²) in [6, 6.07) is 7.94. The second-order valence-electron chi connectivity index (χ2n) is 6.05. The number of amides is 1. The van der Waals surface area contributed by atoms with Gasteiger partial charge in [0, 0.05) is 17.9 Å². The fourth-order valence-corrected chi connectivity index (χ4v) is 3.63. The number of aromatic nitrogens is 2. The molecule has 1 aromatic carbocycles. The molecule has 0 aliphatic heterocycles. The Labute approximate surface area is 153 Å². The molecule has 0 fully saturated rings. The number of nitrogens with zero attached hydrogens (tertiary/aromatic N) is 2. The third-order valence-corrected chi connectivity index (χ3v) is 5.39. The smallest absolute Gasteiger partial charge is 0.411 e. The van der Waals surface area contributed by atoms with E-state index < -0.39 is 16.1 Å². The van der Waals surface area contributed by atoms with Gasteiger partial charge in [0.05, 0.1) is 23.7 Å². The summed E-state index contributed by atoms with van der Waals surface area (Å²) in [4.78, 5) is 11.3. The fourth-order valence-electron chi connectivity index (χ4n) is 2.59. The van der Waals surface area contributed by atoms with Crippen molar-refractivity contribution in [3.05, 3.63) is 41.7 Å². The van der Waals surface area contributed by atoms with Gasteiger partial charge in [0.25, 0.3) is 0 Å². The summed E-state index contributed by atoms with van der Waals surface area (Å²) in [7, 11) is -2.36. The molecule has 2 aromatic rings. The number of rotatable bonds is 7. The molecule has 0 radical (unpaired) electrons. The van der Waals surface area contributed by atoms with Crippen LogP contribution in [0.25, 0.3) is 0 Å². The topological polar surface area (TPSA) is 102 Å². The molecule has 2 N–H and O–H groups in total. The van der Waals surface area contributed by atoms with Crippen LogP contribution in [0.3, 0.4) is 0 Å². The maximum absolute atomic E-state index is 12.4. The summed E-state index contributed by atoms with van der Waals surface area (Å²) in [5, 5.41) is 6.89. The summed E-state index contributed by atoms with van der Waals surface area (Å²) in [6.45, 7) is 6.20. The van der Waals surface area contributed by atoms with Gasteiger partial charge < -0.3 is 4.74 Å². The average Bonchev–Trinajstić information content (AvgIpc) is 2.93. The molecule has 0 spiro atoms. The summed E-state index contributed by atoms with van der Waals surface area (Å²) in [6.07, 6.45) is 0.000248. The van der Waals surface area contributed by atoms with E-state index in [4.69, 9.17) is 0 Å². The number of hydrogen-bond donors (Lipinski definition) is 2. The van der Waals surface area contributed by atoms with Gasteiger partial charge in [-0.3, -0.25) is 10.00 Å². The van der Waals surface area contributed by atoms with Gasteiger partial charge in [-0.15, -0.1) is 0 Å². The van der Waals surface area contributed by atoms with E-state index in [0.29, 0.717) is 18.7 Å². The van der Waals surface area contributed by atoms with Crippen LogP contribution < -0.4 is 10.0 Å². The van der Waals surface area contributed by atoms with Crippen molar-refractivity contribution in [1.29, 1.82) is 0 Å². The van der Waals surface area contributed by atoms with Crippen LogP contribution in [0.1, 0.15) is 30.8 Å². The largest absolute Gasteiger partial charge is 0.453 e. The number of hydrogen-bond acceptors (Lipinski definition) is 5. The minimum atomic E-state index is -3.62. The maximum atomic E-state index is 12.4. The third kappa shape index (κ3) is 5.06. The minimum Gasteiger partial charge on any atom is -0.453 e. The molecule has 1 heterocycles. The van der Waals surface area contributed by atoms with Crippen molar-refractivity contribution >= 4 is 21.8 Å². The molecule has 8 nitrogen and oxygen atoms in total. The monoisotopic (exact) mass is 380 g/mol. The fraction of sp³-hybridized carbons (Fsp3) is 0.412. The molecule has 0 aliphatic rings. The number of carbonyl (C=O) groups excluding carboxylic acids is 1. The Morgan fingerprint density at radius 3 is 2.46 bits per heavy atom. The van der Waals surface area contributed by atoms with E-state index in [1.807, 2.05) is 31.5 Å². The lowest BCUT2D eigenvalue weighted by molar-refractivity contribution is 0.187. The molecule has 0 aliphatic carbocycles. The van der Waals surface area contributed by atoms with Crippen LogP contribution in [0, 0.1) is 13.8 Å². The first-order valence-corrected chi connectivity index (χ1v) is 9.68. The highest BCUT2D eigenvalue weighted by atomic mass is 32.2. The Hall–Kier alpha value is -2.39. The molecular formula is C17H24N4O4S. The van der Waals surface area contributed by atoms with Gasteiger partial charge in [0.2, 0.25) is 10.0 Å². The second kappa shape index (κ2) is 8.33. The van der Waals surface area contributed by atoms with Crippen molar-refractivity contribution in [1.82, 2.24) is 14.5 Å². The lowest BCUT2D eigenvalue weighted by atomic mass is 10.2. The molecule has 26 heavy (non-hydrogen) atoms. The summed E-state index contributed by atoms with van der Waals surface area (Å²) >= 11 is 0. The first-order chi connectivity index (χ1) is 12.2. The van der Waals surface area contributed by atoms with E-state index in [1.54, 1.807) is 0 Å². The van der Waals surface area contributed by atoms with Crippen LogP contribution in [-0.2, 0) is 14.8 Å². The lowest BCUT2D eigenvalue weighted by Gasteiger charge is -2.15. The molecule has 1 atom stereocenters. The first-order valence-electron chi connectivity index (χ1n) is 8.20. The quantitative estimate of drug-likeness (QED) is 0.769. The number of methoxy groups -OCH3 is 1. The van der Waals surface area contributed by atoms with Gasteiger partial charge in [-0.1, -0.05) is 0 Å². The van der Waals surface area contributed by atoms with E-state index in [-0.39, 0.29) is 10.9 Å². The molecule has 1 amide bonds. The number of nitrogens with one attached hydrogen (secondary N) is 2. The molecule has 1 aromatic heterocycles. The van der Waals surface area contributed by atoms with Crippen LogP contribution in [-0.4, -0.2) is 37.9 Å². The molecule has 0 unspecified atom stereocenters. The highest BCUT2D eigenvalue weighted by Gasteiger charge is 2.15. The second-order valence-corrected chi connectivity index (χ2v) is 7.82. The number of carbonyl (C=O) groups is 1. The van der Waals surface area contributed by atoms with Crippen LogP contribution in [0.4, 0.5) is 10.5 Å². The van der Waals surface area contributed by atoms with Gasteiger partial charge in [-0.05, 0) is 57.5 Å². The molecule has 0 saturated carbocycles. The first kappa shape index (κ1) is 19.9. The third-order valence-electron chi connectivity index (χ3n) is 3.91. The van der Waals surface area contributed by atoms with E-state index in [1.165, 1.54) is 31.4 Å². The van der Waals surface area contributed by atoms with Gasteiger partial charge in [0.1, 0.15) is 0 Å². The predicted octanol–water partition coefficient (Wildman–Crippen LogP) is 2.61. The molecule has 142 valence electrons. The number of benzene rings is 1. The Kier molecular flexibility index (Phi) is 6.38. The van der Waals surface area contributed by atoms with Crippen LogP contribution in [0.15, 0.2) is 35.2 Å². The van der Waals surface area contributed by atoms with Crippen LogP contribution in [0.5, 0.6) is 0 Å². The van der Waals surface area contributed by atoms with E-state index in [0.717, 1.165) is 11.4 Å². The van der Waals surface area contributed by atoms with Gasteiger partial charge in [-0.2, -0.15) is 5.10 Å². The van der Waals surface area contributed by atoms with E-state index in [9.17, 15) is 13.2 Å². The van der Waals surface area contributed by atoms with Gasteiger partial charge in [0.15, 0.2) is 0 Å². The zero-order chi connectivity index (χ0) is 19.3. The SMILES string of the molecule is COC(=O)Nc1ccc(S(=O)(=O)NCC[C@@H](C)n2nc(C)cc2C)cc1. The highest BCUT2D eigenvalue weighted by molar-refractivity contribution is 7.89. The summed E-state index contributed by atoms with van der Waals surface area (Å²) in [5.41, 5.74) is 2.44. The predicted molar refractivity (Wildman–Crippen MR) is 98.7 cm³/mol. The number of anilines is 1. The van der Waals surface area contributed by atoms with Crippen LogP contribution in [0.2, 0.25) is 0 Å². The molecule has 9 heteroatoms. The van der Waals surface area contributed by atoms with Crippen molar-refractivity contribution in [3.8, 4) is 0 Å². The molecular weight excluding hydrogens is 356 g/mol. The van der Waals surface area contributed by atoms with E-state index in [2.05, 4.69) is 19.9 Å². The van der Waals surface area contributed by atoms with Crippen molar-refractivity contribution in [3.63, 3.8) is 0 Å². The molecule has 0 saturated heterocycles. The lowest BCUT2D eigenvalue weighted by Crippen LogP contribution is -2.26. The molecule has 0 bridgehead atoms. The zero-order valence-electron chi connectivity index (χ0n) is 15.3. The van der Waals surface area contributed by atoms with Crippen molar-refractivity contribution in [2.45, 2.75) is 38.1 Å². The summed E-state index contributed by atoms with van der Waals surface area (Å²) in [5.74, 6) is 0. The zero-order valence-corrected chi connectivity index (χ0v) is 16.1. The maximum Gasteiger partial charge on any atom is 0.411 e. The van der Waals surface area contributed by atoms with Crippen molar-refractivity contribution in [2.24, 2.45) is 0 Å². The Balaban J connectivity index is 1.94. The highest BCUT2D eigenvalue weighted by Crippen LogP contribution is 2.16. The molecule has 2 rings (SSSR count). The Morgan fingerprint density at radius 1 is 1.27 bits per heavy atom. The number of aryl methyl sites for hydroxylation is 2. The average molecular weight is 380 g/mol. The Morgan fingerprint density at radius 2 is 1.92 bits per heavy atom. The van der Waals surface area contributed by atoms with Crippen molar-refractivity contribution in [2.75, 3.05) is 19.0 Å². The standard InChI is InChI=1S/C17H24N4O4S/c1-12-11-14(3)21(20-12)13(2)9-10-18-26(23,24)16-7-5-15(6-8-16)19-17(22)25-4/h5-8,11,13,18H,9-10H2,1-4H3,(H,19,22)/t13-/m1/s1. The van der Waals surface area contributed by atoms with Crippen molar-refractivity contribution < 1.29 is 17.9 Å². The van der Waals surface area contributed by atoms with Crippen LogP contribution >= 0.6 is 0 Å². The summed E-state index contributed by atoms with van der Waals surface area (Å²) < 4.78 is 33.7. The number of ether oxygens (including phenoxy) is 1.